The van der Waals surface area contributed by atoms with Crippen LogP contribution in [0.25, 0.3) is 0 Å². The highest BCUT2D eigenvalue weighted by Gasteiger charge is 2.43. The van der Waals surface area contributed by atoms with E-state index >= 15 is 0 Å². The Hall–Kier alpha value is -1.26. The van der Waals surface area contributed by atoms with Crippen LogP contribution in [0.5, 0.6) is 0 Å². The van der Waals surface area contributed by atoms with Gasteiger partial charge in [-0.1, -0.05) is 18.2 Å². The zero-order chi connectivity index (χ0) is 14.0. The lowest BCUT2D eigenvalue weighted by Crippen LogP contribution is -2.28. The Labute approximate surface area is 124 Å². The van der Waals surface area contributed by atoms with E-state index in [1.807, 2.05) is 29.7 Å². The molecule has 20 heavy (non-hydrogen) atoms. The van der Waals surface area contributed by atoms with Crippen molar-refractivity contribution in [2.45, 2.75) is 35.4 Å². The maximum atomic E-state index is 4.24. The molecule has 0 unspecified atom stereocenters. The first-order valence-electron chi connectivity index (χ1n) is 7.13. The highest BCUT2D eigenvalue weighted by atomic mass is 32.2. The topological polar surface area (TPSA) is 29.9 Å². The number of nitrogens with zero attached hydrogens (tertiary/aromatic N) is 2. The summed E-state index contributed by atoms with van der Waals surface area (Å²) in [7, 11) is 1.96. The van der Waals surface area contributed by atoms with Gasteiger partial charge in [0.15, 0.2) is 0 Å². The quantitative estimate of drug-likeness (QED) is 0.883. The largest absolute Gasteiger partial charge is 0.309 e. The first kappa shape index (κ1) is 13.7. The molecule has 0 amide bonds. The summed E-state index contributed by atoms with van der Waals surface area (Å²) in [6, 6.07) is 11.1. The second-order valence-electron chi connectivity index (χ2n) is 5.65. The lowest BCUT2D eigenvalue weighted by atomic mass is 10.2. The van der Waals surface area contributed by atoms with Crippen molar-refractivity contribution in [3.05, 3.63) is 48.3 Å². The Morgan fingerprint density at radius 2 is 2.10 bits per heavy atom. The molecular formula is C16H21N3S. The summed E-state index contributed by atoms with van der Waals surface area (Å²) in [5.74, 6) is 0. The zero-order valence-electron chi connectivity index (χ0n) is 12.0. The van der Waals surface area contributed by atoms with Crippen LogP contribution in [-0.2, 0) is 7.05 Å². The van der Waals surface area contributed by atoms with Crippen molar-refractivity contribution in [1.29, 1.82) is 0 Å². The van der Waals surface area contributed by atoms with Crippen molar-refractivity contribution < 1.29 is 0 Å². The Balaban J connectivity index is 1.55. The minimum Gasteiger partial charge on any atom is -0.309 e. The predicted octanol–water partition coefficient (Wildman–Crippen LogP) is 3.40. The smallest absolute Gasteiger partial charge is 0.0537 e. The van der Waals surface area contributed by atoms with E-state index in [1.165, 1.54) is 23.3 Å². The molecule has 1 N–H and O–H groups in total. The molecule has 4 heteroatoms. The fourth-order valence-corrected chi connectivity index (χ4v) is 3.57. The van der Waals surface area contributed by atoms with Gasteiger partial charge in [0.05, 0.1) is 6.20 Å². The van der Waals surface area contributed by atoms with Gasteiger partial charge in [-0.15, -0.1) is 11.8 Å². The monoisotopic (exact) mass is 287 g/mol. The van der Waals surface area contributed by atoms with Crippen LogP contribution < -0.4 is 5.32 Å². The fraction of sp³-hybridized carbons (Fsp3) is 0.438. The summed E-state index contributed by atoms with van der Waals surface area (Å²) in [6.07, 6.45) is 6.64. The molecule has 1 aromatic carbocycles. The predicted molar refractivity (Wildman–Crippen MR) is 83.9 cm³/mol. The summed E-state index contributed by atoms with van der Waals surface area (Å²) in [5.41, 5.74) is 1.26. The highest BCUT2D eigenvalue weighted by Crippen LogP contribution is 2.51. The van der Waals surface area contributed by atoms with E-state index in [4.69, 9.17) is 0 Å². The SMILES string of the molecule is C[C@H](NCC1(Sc2ccccc2)CC1)c1cnn(C)c1. The average Bonchev–Trinajstić information content (AvgIpc) is 3.08. The third-order valence-electron chi connectivity index (χ3n) is 3.84. The molecule has 0 spiro atoms. The molecule has 3 rings (SSSR count). The number of thioether (sulfide) groups is 1. The molecule has 0 aliphatic heterocycles. The Bertz CT molecular complexity index is 560. The Morgan fingerprint density at radius 3 is 2.70 bits per heavy atom. The van der Waals surface area contributed by atoms with Gasteiger partial charge in [0, 0.05) is 41.0 Å². The van der Waals surface area contributed by atoms with Gasteiger partial charge >= 0.3 is 0 Å². The molecule has 0 saturated heterocycles. The lowest BCUT2D eigenvalue weighted by Gasteiger charge is -2.19. The normalized spacial score (nSPS) is 17.9. The van der Waals surface area contributed by atoms with Crippen LogP contribution in [0.3, 0.4) is 0 Å². The van der Waals surface area contributed by atoms with Gasteiger partial charge in [-0.3, -0.25) is 4.68 Å². The van der Waals surface area contributed by atoms with Crippen LogP contribution in [0.4, 0.5) is 0 Å². The van der Waals surface area contributed by atoms with Crippen molar-refractivity contribution in [2.75, 3.05) is 6.54 Å². The summed E-state index contributed by atoms with van der Waals surface area (Å²) >= 11 is 2.02. The Kier molecular flexibility index (Phi) is 3.85. The molecule has 1 aliphatic carbocycles. The van der Waals surface area contributed by atoms with E-state index in [2.05, 4.69) is 53.9 Å². The van der Waals surface area contributed by atoms with Crippen molar-refractivity contribution >= 4 is 11.8 Å². The van der Waals surface area contributed by atoms with Crippen LogP contribution in [0.1, 0.15) is 31.4 Å². The number of nitrogens with one attached hydrogen (secondary N) is 1. The van der Waals surface area contributed by atoms with Crippen LogP contribution in [0.15, 0.2) is 47.6 Å². The maximum Gasteiger partial charge on any atom is 0.0537 e. The van der Waals surface area contributed by atoms with Gasteiger partial charge in [-0.2, -0.15) is 5.10 Å². The van der Waals surface area contributed by atoms with Crippen LogP contribution in [-0.4, -0.2) is 21.1 Å². The van der Waals surface area contributed by atoms with Crippen molar-refractivity contribution in [1.82, 2.24) is 15.1 Å². The lowest BCUT2D eigenvalue weighted by molar-refractivity contribution is 0.562. The standard InChI is InChI=1S/C16H21N3S/c1-13(14-10-18-19(2)11-14)17-12-16(8-9-16)20-15-6-4-3-5-7-15/h3-7,10-11,13,17H,8-9,12H2,1-2H3/t13-/m0/s1. The number of aryl methyl sites for hydroxylation is 1. The molecule has 1 fully saturated rings. The van der Waals surface area contributed by atoms with E-state index in [9.17, 15) is 0 Å². The molecule has 0 bridgehead atoms. The summed E-state index contributed by atoms with van der Waals surface area (Å²) < 4.78 is 2.26. The molecule has 1 saturated carbocycles. The second kappa shape index (κ2) is 5.62. The van der Waals surface area contributed by atoms with Crippen molar-refractivity contribution in [3.8, 4) is 0 Å². The minimum absolute atomic E-state index is 0.359. The molecule has 1 atom stereocenters. The second-order valence-corrected chi connectivity index (χ2v) is 7.19. The third-order valence-corrected chi connectivity index (χ3v) is 5.33. The van der Waals surface area contributed by atoms with Gasteiger partial charge < -0.3 is 5.32 Å². The van der Waals surface area contributed by atoms with Gasteiger partial charge in [0.25, 0.3) is 0 Å². The van der Waals surface area contributed by atoms with Crippen LogP contribution in [0.2, 0.25) is 0 Å². The van der Waals surface area contributed by atoms with Gasteiger partial charge in [-0.25, -0.2) is 0 Å². The molecule has 3 nitrogen and oxygen atoms in total. The third kappa shape index (κ3) is 3.25. The van der Waals surface area contributed by atoms with Gasteiger partial charge in [0.2, 0.25) is 0 Å². The highest BCUT2D eigenvalue weighted by molar-refractivity contribution is 8.01. The number of rotatable bonds is 6. The zero-order valence-corrected chi connectivity index (χ0v) is 12.9. The summed E-state index contributed by atoms with van der Waals surface area (Å²) in [5, 5.41) is 7.90. The molecule has 2 aromatic rings. The molecule has 1 aliphatic rings. The first-order valence-corrected chi connectivity index (χ1v) is 7.95. The van der Waals surface area contributed by atoms with Gasteiger partial charge in [0.1, 0.15) is 0 Å². The van der Waals surface area contributed by atoms with E-state index in [-0.39, 0.29) is 0 Å². The summed E-state index contributed by atoms with van der Waals surface area (Å²) in [4.78, 5) is 1.38. The maximum absolute atomic E-state index is 4.24. The Morgan fingerprint density at radius 1 is 1.35 bits per heavy atom. The van der Waals surface area contributed by atoms with Crippen LogP contribution >= 0.6 is 11.8 Å². The minimum atomic E-state index is 0.359. The molecule has 0 radical (unpaired) electrons. The average molecular weight is 287 g/mol. The van der Waals surface area contributed by atoms with Crippen molar-refractivity contribution in [2.24, 2.45) is 7.05 Å². The van der Waals surface area contributed by atoms with E-state index in [0.717, 1.165) is 6.54 Å². The van der Waals surface area contributed by atoms with E-state index in [0.29, 0.717) is 10.8 Å². The van der Waals surface area contributed by atoms with E-state index < -0.39 is 0 Å². The van der Waals surface area contributed by atoms with Crippen molar-refractivity contribution in [3.63, 3.8) is 0 Å². The molecule has 1 aromatic heterocycles. The number of benzene rings is 1. The summed E-state index contributed by atoms with van der Waals surface area (Å²) in [6.45, 7) is 3.27. The molecular weight excluding hydrogens is 266 g/mol. The number of aromatic nitrogens is 2. The number of hydrogen-bond acceptors (Lipinski definition) is 3. The van der Waals surface area contributed by atoms with Gasteiger partial charge in [-0.05, 0) is 31.9 Å². The van der Waals surface area contributed by atoms with E-state index in [1.54, 1.807) is 0 Å². The van der Waals surface area contributed by atoms with Crippen LogP contribution in [0, 0.1) is 0 Å². The first-order chi connectivity index (χ1) is 9.67. The molecule has 1 heterocycles. The number of hydrogen-bond donors (Lipinski definition) is 1. The fourth-order valence-electron chi connectivity index (χ4n) is 2.31. The molecule has 106 valence electrons.